The fourth-order valence-corrected chi connectivity index (χ4v) is 13.5. The number of phosphoric ester groups is 2. The van der Waals surface area contributed by atoms with E-state index in [0.29, 0.717) is 31.6 Å². The molecule has 0 aromatic rings. The Balaban J connectivity index is 5.12. The summed E-state index contributed by atoms with van der Waals surface area (Å²) < 4.78 is 68.3. The molecule has 0 aromatic heterocycles. The maximum absolute atomic E-state index is 13.1. The van der Waals surface area contributed by atoms with Crippen LogP contribution in [0.15, 0.2) is 0 Å². The minimum atomic E-state index is -4.96. The van der Waals surface area contributed by atoms with Crippen molar-refractivity contribution in [3.05, 3.63) is 0 Å². The summed E-state index contributed by atoms with van der Waals surface area (Å²) in [4.78, 5) is 72.6. The Kier molecular flexibility index (Phi) is 68.7. The Morgan fingerprint density at radius 2 is 0.479 bits per heavy atom. The van der Waals surface area contributed by atoms with E-state index in [1.54, 1.807) is 0 Å². The van der Waals surface area contributed by atoms with E-state index in [1.807, 2.05) is 0 Å². The predicted molar refractivity (Wildman–Crippen MR) is 391 cm³/mol. The summed E-state index contributed by atoms with van der Waals surface area (Å²) in [5.41, 5.74) is 0. The van der Waals surface area contributed by atoms with Gasteiger partial charge in [0.05, 0.1) is 26.4 Å². The third-order valence-electron chi connectivity index (χ3n) is 18.0. The van der Waals surface area contributed by atoms with Gasteiger partial charge in [-0.1, -0.05) is 356 Å². The topological polar surface area (TPSA) is 237 Å². The zero-order valence-electron chi connectivity index (χ0n) is 62.5. The van der Waals surface area contributed by atoms with Crippen LogP contribution in [0, 0.1) is 5.92 Å². The Hall–Kier alpha value is -1.94. The van der Waals surface area contributed by atoms with Crippen molar-refractivity contribution in [3.63, 3.8) is 0 Å². The number of hydrogen-bond donors (Lipinski definition) is 3. The molecule has 0 radical (unpaired) electrons. The zero-order valence-corrected chi connectivity index (χ0v) is 64.3. The molecule has 17 nitrogen and oxygen atoms in total. The molecule has 0 aromatic carbocycles. The lowest BCUT2D eigenvalue weighted by Gasteiger charge is -2.21. The first-order valence-electron chi connectivity index (χ1n) is 40.1. The lowest BCUT2D eigenvalue weighted by Crippen LogP contribution is -2.30. The van der Waals surface area contributed by atoms with E-state index in [9.17, 15) is 43.2 Å². The van der Waals surface area contributed by atoms with Gasteiger partial charge in [0.15, 0.2) is 12.2 Å². The van der Waals surface area contributed by atoms with Crippen LogP contribution in [0.1, 0.15) is 407 Å². The second-order valence-corrected chi connectivity index (χ2v) is 31.1. The highest BCUT2D eigenvalue weighted by atomic mass is 31.2. The van der Waals surface area contributed by atoms with Gasteiger partial charge >= 0.3 is 39.5 Å². The fraction of sp³-hybridized carbons (Fsp3) is 0.948. The fourth-order valence-electron chi connectivity index (χ4n) is 11.9. The molecule has 0 bridgehead atoms. The molecule has 19 heteroatoms. The van der Waals surface area contributed by atoms with Gasteiger partial charge in [0.2, 0.25) is 0 Å². The predicted octanol–water partition coefficient (Wildman–Crippen LogP) is 22.9. The molecule has 96 heavy (non-hydrogen) atoms. The molecule has 2 unspecified atom stereocenters. The average molecular weight is 1410 g/mol. The van der Waals surface area contributed by atoms with Gasteiger partial charge in [-0.3, -0.25) is 37.3 Å². The van der Waals surface area contributed by atoms with Crippen molar-refractivity contribution in [2.45, 2.75) is 425 Å². The molecule has 0 heterocycles. The van der Waals surface area contributed by atoms with Crippen LogP contribution in [0.4, 0.5) is 0 Å². The third-order valence-corrected chi connectivity index (χ3v) is 19.9. The first-order chi connectivity index (χ1) is 46.5. The molecule has 0 amide bonds. The Morgan fingerprint density at radius 1 is 0.281 bits per heavy atom. The lowest BCUT2D eigenvalue weighted by molar-refractivity contribution is -0.161. The van der Waals surface area contributed by atoms with E-state index in [2.05, 4.69) is 34.6 Å². The first-order valence-corrected chi connectivity index (χ1v) is 43.1. The van der Waals surface area contributed by atoms with Gasteiger partial charge in [-0.05, 0) is 31.6 Å². The second-order valence-electron chi connectivity index (χ2n) is 28.2. The van der Waals surface area contributed by atoms with Crippen LogP contribution in [0.3, 0.4) is 0 Å². The summed E-state index contributed by atoms with van der Waals surface area (Å²) in [5.74, 6) is -1.45. The van der Waals surface area contributed by atoms with Crippen LogP contribution in [0.2, 0.25) is 0 Å². The second kappa shape index (κ2) is 70.1. The van der Waals surface area contributed by atoms with E-state index < -0.39 is 97.5 Å². The monoisotopic (exact) mass is 1410 g/mol. The summed E-state index contributed by atoms with van der Waals surface area (Å²) in [6.07, 6.45) is 60.3. The average Bonchev–Trinajstić information content (AvgIpc) is 1.16. The van der Waals surface area contributed by atoms with Crippen molar-refractivity contribution in [3.8, 4) is 0 Å². The van der Waals surface area contributed by atoms with Gasteiger partial charge in [0.25, 0.3) is 0 Å². The van der Waals surface area contributed by atoms with Crippen molar-refractivity contribution in [1.82, 2.24) is 0 Å². The summed E-state index contributed by atoms with van der Waals surface area (Å²) in [5, 5.41) is 10.6. The van der Waals surface area contributed by atoms with Crippen LogP contribution in [0.25, 0.3) is 0 Å². The summed E-state index contributed by atoms with van der Waals surface area (Å²) in [6.45, 7) is 7.15. The Labute approximate surface area is 588 Å². The van der Waals surface area contributed by atoms with Crippen LogP contribution >= 0.6 is 15.6 Å². The van der Waals surface area contributed by atoms with E-state index in [1.165, 1.54) is 218 Å². The highest BCUT2D eigenvalue weighted by molar-refractivity contribution is 7.47. The summed E-state index contributed by atoms with van der Waals surface area (Å²) in [6, 6.07) is 0. The first kappa shape index (κ1) is 94.1. The molecule has 0 aliphatic heterocycles. The summed E-state index contributed by atoms with van der Waals surface area (Å²) >= 11 is 0. The molecule has 5 atom stereocenters. The minimum Gasteiger partial charge on any atom is -0.462 e. The third kappa shape index (κ3) is 70.5. The zero-order chi connectivity index (χ0) is 70.5. The minimum absolute atomic E-state index is 0.102. The number of ether oxygens (including phenoxy) is 4. The van der Waals surface area contributed by atoms with Crippen molar-refractivity contribution in [2.24, 2.45) is 5.92 Å². The number of phosphoric acid groups is 2. The van der Waals surface area contributed by atoms with E-state index in [4.69, 9.17) is 37.0 Å². The highest BCUT2D eigenvalue weighted by Gasteiger charge is 2.30. The summed E-state index contributed by atoms with van der Waals surface area (Å²) in [7, 11) is -9.90. The van der Waals surface area contributed by atoms with Gasteiger partial charge in [0, 0.05) is 25.7 Å². The van der Waals surface area contributed by atoms with Gasteiger partial charge in [-0.25, -0.2) is 9.13 Å². The smallest absolute Gasteiger partial charge is 0.462 e. The number of esters is 4. The van der Waals surface area contributed by atoms with Gasteiger partial charge in [-0.2, -0.15) is 0 Å². The Bertz CT molecular complexity index is 1840. The lowest BCUT2D eigenvalue weighted by atomic mass is 10.0. The number of aliphatic hydroxyl groups is 1. The molecule has 0 rings (SSSR count). The number of unbranched alkanes of at least 4 members (excludes halogenated alkanes) is 49. The maximum Gasteiger partial charge on any atom is 0.472 e. The molecular weight excluding hydrogens is 1260 g/mol. The van der Waals surface area contributed by atoms with Crippen LogP contribution in [-0.2, 0) is 65.4 Å². The van der Waals surface area contributed by atoms with Crippen molar-refractivity contribution in [1.29, 1.82) is 0 Å². The van der Waals surface area contributed by atoms with Gasteiger partial charge in [0.1, 0.15) is 19.3 Å². The van der Waals surface area contributed by atoms with Crippen LogP contribution in [0.5, 0.6) is 0 Å². The maximum atomic E-state index is 13.1. The van der Waals surface area contributed by atoms with Crippen LogP contribution in [-0.4, -0.2) is 96.7 Å². The van der Waals surface area contributed by atoms with E-state index in [-0.39, 0.29) is 25.7 Å². The highest BCUT2D eigenvalue weighted by Crippen LogP contribution is 2.45. The molecule has 3 N–H and O–H groups in total. The SMILES string of the molecule is CCCCCCCCCCCCCCCCCCCCCCCCC(=O)O[C@H](COC(=O)CCCCCCCCCCCCCCCCCCCC)COP(=O)(O)OC[C@@H](O)COP(=O)(O)OC[C@@H](COC(=O)CCCCCCCCC)OC(=O)CCCCCCCCC(C)C. The number of rotatable bonds is 77. The van der Waals surface area contributed by atoms with Crippen molar-refractivity contribution >= 4 is 39.5 Å². The number of carbonyl (C=O) groups is 4. The number of hydrogen-bond acceptors (Lipinski definition) is 15. The van der Waals surface area contributed by atoms with Crippen LogP contribution < -0.4 is 0 Å². The molecule has 0 saturated heterocycles. The number of carbonyl (C=O) groups excluding carboxylic acids is 4. The van der Waals surface area contributed by atoms with E-state index in [0.717, 1.165) is 103 Å². The standard InChI is InChI=1S/C77H150O17P2/c1-6-9-12-15-18-20-22-24-26-28-30-31-32-33-35-37-39-41-43-46-52-57-62-76(81)93-72(67-88-75(80)61-56-51-45-42-40-38-36-34-29-27-25-23-21-19-16-13-10-7-2)68-91-95(83,84)89-64-71(78)65-90-96(85,86)92-69-73(66-87-74(79)60-55-50-44-17-14-11-8-3)94-77(82)63-58-53-48-47-49-54-59-70(4)5/h70-73,78H,6-69H2,1-5H3,(H,83,84)(H,85,86)/t71-,72-,73-/m1/s1. The molecule has 0 spiro atoms. The number of aliphatic hydroxyl groups excluding tert-OH is 1. The quantitative estimate of drug-likeness (QED) is 0.0222. The molecule has 570 valence electrons. The molecular formula is C77H150O17P2. The van der Waals surface area contributed by atoms with Crippen molar-refractivity contribution in [2.75, 3.05) is 39.6 Å². The van der Waals surface area contributed by atoms with E-state index >= 15 is 0 Å². The normalized spacial score (nSPS) is 13.9. The Morgan fingerprint density at radius 3 is 0.708 bits per heavy atom. The van der Waals surface area contributed by atoms with Gasteiger partial charge in [-0.15, -0.1) is 0 Å². The molecule has 0 aliphatic carbocycles. The van der Waals surface area contributed by atoms with Gasteiger partial charge < -0.3 is 33.8 Å². The molecule has 0 fully saturated rings. The molecule has 0 saturated carbocycles. The van der Waals surface area contributed by atoms with Crippen molar-refractivity contribution < 1.29 is 80.2 Å². The molecule has 0 aliphatic rings. The largest absolute Gasteiger partial charge is 0.472 e.